The Morgan fingerprint density at radius 2 is 1.48 bits per heavy atom. The van der Waals surface area contributed by atoms with E-state index in [9.17, 15) is 25.2 Å². The largest absolute Gasteiger partial charge is 0.507 e. The molecule has 4 aliphatic heterocycles. The molecular formula is C42H52N2O12. The second-order valence-corrected chi connectivity index (χ2v) is 18.0. The smallest absolute Gasteiger partial charge is 0.202 e. The lowest BCUT2D eigenvalue weighted by molar-refractivity contribution is -0.322. The molecule has 0 amide bonds. The number of fused-ring (bicyclic) bond motifs is 4. The Morgan fingerprint density at radius 3 is 2.09 bits per heavy atom. The van der Waals surface area contributed by atoms with Gasteiger partial charge in [0.2, 0.25) is 5.78 Å². The Hall–Kier alpha value is -3.57. The van der Waals surface area contributed by atoms with E-state index in [4.69, 9.17) is 23.4 Å². The average molecular weight is 777 g/mol. The van der Waals surface area contributed by atoms with Gasteiger partial charge in [-0.05, 0) is 113 Å². The highest BCUT2D eigenvalue weighted by Gasteiger charge is 2.70. The lowest BCUT2D eigenvalue weighted by atomic mass is 9.74. The Bertz CT molecular complexity index is 2260. The zero-order valence-electron chi connectivity index (χ0n) is 33.7. The van der Waals surface area contributed by atoms with Crippen LogP contribution in [0.4, 0.5) is 0 Å². The van der Waals surface area contributed by atoms with Gasteiger partial charge < -0.3 is 53.6 Å². The summed E-state index contributed by atoms with van der Waals surface area (Å²) < 4.78 is 30.9. The molecule has 14 nitrogen and oxygen atoms in total. The van der Waals surface area contributed by atoms with Gasteiger partial charge in [0, 0.05) is 28.8 Å². The minimum atomic E-state index is -2.08. The van der Waals surface area contributed by atoms with Gasteiger partial charge in [0.1, 0.15) is 35.4 Å². The molecule has 8 rings (SSSR count). The number of aryl methyl sites for hydroxylation is 1. The zero-order chi connectivity index (χ0) is 40.9. The normalized spacial score (nSPS) is 37.6. The van der Waals surface area contributed by atoms with Crippen LogP contribution in [0.5, 0.6) is 5.75 Å². The molecule has 1 aliphatic carbocycles. The van der Waals surface area contributed by atoms with Crippen molar-refractivity contribution in [1.82, 2.24) is 9.80 Å². The predicted molar refractivity (Wildman–Crippen MR) is 202 cm³/mol. The summed E-state index contributed by atoms with van der Waals surface area (Å²) in [6, 6.07) is 4.05. The van der Waals surface area contributed by atoms with Crippen molar-refractivity contribution in [3.63, 3.8) is 0 Å². The summed E-state index contributed by atoms with van der Waals surface area (Å²) in [6.07, 6.45) is -5.11. The summed E-state index contributed by atoms with van der Waals surface area (Å²) in [7, 11) is 7.18. The molecule has 5 heterocycles. The van der Waals surface area contributed by atoms with Gasteiger partial charge in [-0.15, -0.1) is 0 Å². The summed E-state index contributed by atoms with van der Waals surface area (Å²) in [5.74, 6) is -3.78. The molecule has 56 heavy (non-hydrogen) atoms. The number of carbonyl (C=O) groups excluding carboxylic acids is 2. The molecule has 14 heteroatoms. The SMILES string of the molecule is Cc1cc2c(c3oc(C4(C)OC4C4OC4(C)C)cc(=O)c13)C(=O)c1c(O)c(C3CC(C)(N(C)C)C(O)C(C)(O)O3)cc(C3CC(N(C)C)C(O)C(C)O3)c1C2=O. The second kappa shape index (κ2) is 12.5. The first-order chi connectivity index (χ1) is 25.9. The number of benzene rings is 2. The number of nitrogens with zero attached hydrogens (tertiary/aromatic N) is 2. The maximum absolute atomic E-state index is 15.2. The van der Waals surface area contributed by atoms with E-state index in [-0.39, 0.29) is 63.5 Å². The highest BCUT2D eigenvalue weighted by atomic mass is 16.7. The molecule has 0 saturated carbocycles. The third kappa shape index (κ3) is 5.59. The highest BCUT2D eigenvalue weighted by molar-refractivity contribution is 6.33. The number of aliphatic hydroxyl groups excluding tert-OH is 2. The fourth-order valence-corrected chi connectivity index (χ4v) is 9.46. The fraction of sp³-hybridized carbons (Fsp3) is 0.595. The lowest BCUT2D eigenvalue weighted by Gasteiger charge is -2.52. The molecule has 2 aromatic carbocycles. The first-order valence-corrected chi connectivity index (χ1v) is 19.2. The number of aliphatic hydroxyl groups is 3. The van der Waals surface area contributed by atoms with Gasteiger partial charge in [-0.1, -0.05) is 0 Å². The van der Waals surface area contributed by atoms with Crippen molar-refractivity contribution in [3.8, 4) is 5.75 Å². The van der Waals surface area contributed by atoms with Crippen molar-refractivity contribution in [1.29, 1.82) is 0 Å². The number of ether oxygens (including phenoxy) is 4. The van der Waals surface area contributed by atoms with E-state index < -0.39 is 87.9 Å². The molecular weight excluding hydrogens is 724 g/mol. The number of rotatable bonds is 6. The number of likely N-dealkylation sites (N-methyl/N-ethyl adjacent to an activating group) is 2. The minimum absolute atomic E-state index is 0.000477. The van der Waals surface area contributed by atoms with Crippen LogP contribution >= 0.6 is 0 Å². The molecule has 1 aromatic heterocycles. The van der Waals surface area contributed by atoms with Crippen LogP contribution in [0.2, 0.25) is 0 Å². The molecule has 11 unspecified atom stereocenters. The van der Waals surface area contributed by atoms with Gasteiger partial charge in [0.15, 0.2) is 22.6 Å². The van der Waals surface area contributed by atoms with Crippen LogP contribution < -0.4 is 5.43 Å². The van der Waals surface area contributed by atoms with Gasteiger partial charge in [0.05, 0.1) is 52.1 Å². The van der Waals surface area contributed by atoms with E-state index >= 15 is 9.59 Å². The Morgan fingerprint density at radius 1 is 0.821 bits per heavy atom. The van der Waals surface area contributed by atoms with Gasteiger partial charge >= 0.3 is 0 Å². The monoisotopic (exact) mass is 776 g/mol. The summed E-state index contributed by atoms with van der Waals surface area (Å²) in [5.41, 5.74) is -2.76. The molecule has 0 spiro atoms. The van der Waals surface area contributed by atoms with E-state index in [2.05, 4.69) is 0 Å². The molecule has 4 N–H and O–H groups in total. The standard InChI is InChI=1S/C42H52N2O12/c1-17-12-21-29(35-27(17)23(45)15-26(53-35)41(6)37(56-41)36-39(3,4)55-36)34(49)30-28(33(21)48)19(24-14-22(43(8)9)31(46)18(2)52-24)13-20(32(30)47)25-16-40(5,44(10)11)38(50)42(7,51)54-25/h12-13,15,18,22,24-25,31,36-38,46-47,50-51H,14,16H2,1-11H3. The van der Waals surface area contributed by atoms with Crippen molar-refractivity contribution in [2.24, 2.45) is 0 Å². The topological polar surface area (TPSA) is 195 Å². The molecule has 4 saturated heterocycles. The van der Waals surface area contributed by atoms with Gasteiger partial charge in [-0.25, -0.2) is 0 Å². The van der Waals surface area contributed by atoms with Crippen LogP contribution in [0.15, 0.2) is 27.4 Å². The summed E-state index contributed by atoms with van der Waals surface area (Å²) in [4.78, 5) is 47.7. The number of aromatic hydroxyl groups is 1. The fourth-order valence-electron chi connectivity index (χ4n) is 9.46. The van der Waals surface area contributed by atoms with Crippen LogP contribution in [-0.2, 0) is 24.5 Å². The zero-order valence-corrected chi connectivity index (χ0v) is 33.7. The number of ketones is 2. The lowest BCUT2D eigenvalue weighted by Crippen LogP contribution is -2.65. The van der Waals surface area contributed by atoms with Crippen LogP contribution in [0.3, 0.4) is 0 Å². The average Bonchev–Trinajstić information content (AvgIpc) is 3.98. The predicted octanol–water partition coefficient (Wildman–Crippen LogP) is 3.37. The minimum Gasteiger partial charge on any atom is -0.507 e. The molecule has 302 valence electrons. The van der Waals surface area contributed by atoms with Crippen LogP contribution in [0, 0.1) is 6.92 Å². The maximum atomic E-state index is 15.2. The number of hydrogen-bond acceptors (Lipinski definition) is 14. The summed E-state index contributed by atoms with van der Waals surface area (Å²) >= 11 is 0. The number of phenolic OH excluding ortho intramolecular Hbond substituents is 1. The third-order valence-corrected chi connectivity index (χ3v) is 13.3. The van der Waals surface area contributed by atoms with E-state index in [1.807, 2.05) is 32.8 Å². The third-order valence-electron chi connectivity index (χ3n) is 13.3. The van der Waals surface area contributed by atoms with Crippen LogP contribution in [-0.4, -0.2) is 123 Å². The Balaban J connectivity index is 1.35. The van der Waals surface area contributed by atoms with Crippen molar-refractivity contribution in [2.45, 2.75) is 133 Å². The second-order valence-electron chi connectivity index (χ2n) is 18.0. The highest BCUT2D eigenvalue weighted by Crippen LogP contribution is 2.57. The van der Waals surface area contributed by atoms with Gasteiger partial charge in [0.25, 0.3) is 0 Å². The number of phenols is 1. The molecule has 0 bridgehead atoms. The van der Waals surface area contributed by atoms with Crippen molar-refractivity contribution < 1.29 is 53.4 Å². The maximum Gasteiger partial charge on any atom is 0.202 e. The summed E-state index contributed by atoms with van der Waals surface area (Å²) in [6.45, 7) is 12.2. The molecule has 4 fully saturated rings. The van der Waals surface area contributed by atoms with Crippen LogP contribution in [0.25, 0.3) is 11.0 Å². The molecule has 0 radical (unpaired) electrons. The van der Waals surface area contributed by atoms with E-state index in [0.717, 1.165) is 0 Å². The molecule has 11 atom stereocenters. The summed E-state index contributed by atoms with van der Waals surface area (Å²) in [5, 5.41) is 46.2. The first kappa shape index (κ1) is 39.3. The van der Waals surface area contributed by atoms with Crippen LogP contribution in [0.1, 0.15) is 121 Å². The van der Waals surface area contributed by atoms with Gasteiger partial charge in [-0.2, -0.15) is 0 Å². The Labute approximate surface area is 324 Å². The quantitative estimate of drug-likeness (QED) is 0.208. The van der Waals surface area contributed by atoms with Gasteiger partial charge in [-0.3, -0.25) is 14.4 Å². The van der Waals surface area contributed by atoms with E-state index in [1.165, 1.54) is 19.1 Å². The van der Waals surface area contributed by atoms with E-state index in [1.54, 1.807) is 52.8 Å². The first-order valence-electron chi connectivity index (χ1n) is 19.2. The van der Waals surface area contributed by atoms with Crippen molar-refractivity contribution in [2.75, 3.05) is 28.2 Å². The molecule has 5 aliphatic rings. The number of epoxide rings is 2. The van der Waals surface area contributed by atoms with Crippen molar-refractivity contribution in [3.05, 3.63) is 73.1 Å². The Kier molecular flexibility index (Phi) is 8.74. The molecule has 3 aromatic rings. The van der Waals surface area contributed by atoms with E-state index in [0.29, 0.717) is 11.1 Å². The number of hydrogen-bond donors (Lipinski definition) is 4. The number of carbonyl (C=O) groups is 2. The van der Waals surface area contributed by atoms with Crippen molar-refractivity contribution >= 4 is 22.5 Å².